The molecule has 2 unspecified atom stereocenters. The van der Waals surface area contributed by atoms with Crippen molar-refractivity contribution < 1.29 is 14.4 Å². The van der Waals surface area contributed by atoms with Crippen molar-refractivity contribution in [3.8, 4) is 0 Å². The van der Waals surface area contributed by atoms with Crippen molar-refractivity contribution in [2.24, 2.45) is 10.9 Å². The van der Waals surface area contributed by atoms with E-state index in [1.807, 2.05) is 13.8 Å². The van der Waals surface area contributed by atoms with Crippen LogP contribution >= 0.6 is 0 Å². The molecule has 20 heavy (non-hydrogen) atoms. The highest BCUT2D eigenvalue weighted by Crippen LogP contribution is 2.19. The van der Waals surface area contributed by atoms with Crippen molar-refractivity contribution in [3.63, 3.8) is 0 Å². The van der Waals surface area contributed by atoms with Gasteiger partial charge in [0.15, 0.2) is 0 Å². The third-order valence-corrected chi connectivity index (χ3v) is 3.31. The Labute approximate surface area is 117 Å². The second kappa shape index (κ2) is 5.81. The maximum Gasteiger partial charge on any atom is 0.351 e. The zero-order valence-corrected chi connectivity index (χ0v) is 11.5. The van der Waals surface area contributed by atoms with E-state index in [0.29, 0.717) is 5.71 Å². The number of hydrogen-bond acceptors (Lipinski definition) is 3. The number of allylic oxidation sites excluding steroid dienone is 3. The smallest absolute Gasteiger partial charge is 0.351 e. The molecule has 6 nitrogen and oxygen atoms in total. The molecule has 1 aliphatic carbocycles. The van der Waals surface area contributed by atoms with Crippen LogP contribution in [0.4, 0.5) is 4.79 Å². The van der Waals surface area contributed by atoms with E-state index in [-0.39, 0.29) is 18.5 Å². The molecule has 0 spiro atoms. The molecule has 2 atom stereocenters. The van der Waals surface area contributed by atoms with Crippen LogP contribution in [-0.4, -0.2) is 41.0 Å². The minimum Gasteiger partial charge on any atom is -0.352 e. The van der Waals surface area contributed by atoms with Gasteiger partial charge in [-0.2, -0.15) is 4.99 Å². The molecule has 6 heteroatoms. The molecule has 0 saturated carbocycles. The van der Waals surface area contributed by atoms with Crippen LogP contribution < -0.4 is 5.32 Å². The van der Waals surface area contributed by atoms with Crippen LogP contribution in [0.3, 0.4) is 0 Å². The molecule has 2 rings (SSSR count). The Morgan fingerprint density at radius 1 is 1.45 bits per heavy atom. The molecular weight excluding hydrogens is 258 g/mol. The maximum absolute atomic E-state index is 12.2. The van der Waals surface area contributed by atoms with Crippen LogP contribution in [0.1, 0.15) is 20.3 Å². The van der Waals surface area contributed by atoms with E-state index in [9.17, 15) is 14.4 Å². The van der Waals surface area contributed by atoms with Gasteiger partial charge in [-0.25, -0.2) is 4.79 Å². The largest absolute Gasteiger partial charge is 0.352 e. The van der Waals surface area contributed by atoms with Gasteiger partial charge < -0.3 is 5.32 Å². The fraction of sp³-hybridized carbons (Fsp3) is 0.429. The molecule has 0 saturated heterocycles. The molecule has 0 aromatic heterocycles. The number of fused-ring (bicyclic) bond motifs is 1. The highest BCUT2D eigenvalue weighted by Gasteiger charge is 2.36. The molecule has 106 valence electrons. The van der Waals surface area contributed by atoms with Crippen LogP contribution in [0.2, 0.25) is 0 Å². The first kappa shape index (κ1) is 14.2. The molecule has 1 aliphatic heterocycles. The van der Waals surface area contributed by atoms with E-state index >= 15 is 0 Å². The second-order valence-corrected chi connectivity index (χ2v) is 4.84. The molecule has 1 N–H and O–H groups in total. The third-order valence-electron chi connectivity index (χ3n) is 3.31. The van der Waals surface area contributed by atoms with Gasteiger partial charge in [0, 0.05) is 6.04 Å². The highest BCUT2D eigenvalue weighted by molar-refractivity contribution is 6.22. The number of imide groups is 1. The normalized spacial score (nSPS) is 22.4. The summed E-state index contributed by atoms with van der Waals surface area (Å²) in [6.07, 6.45) is 7.55. The molecule has 2 aliphatic rings. The summed E-state index contributed by atoms with van der Waals surface area (Å²) in [5.41, 5.74) is 0.432. The monoisotopic (exact) mass is 275 g/mol. The lowest BCUT2D eigenvalue weighted by atomic mass is 9.95. The quantitative estimate of drug-likeness (QED) is 0.832. The van der Waals surface area contributed by atoms with Gasteiger partial charge in [0.2, 0.25) is 11.8 Å². The van der Waals surface area contributed by atoms with Crippen molar-refractivity contribution in [3.05, 3.63) is 24.3 Å². The minimum absolute atomic E-state index is 0.00840. The minimum atomic E-state index is -0.680. The van der Waals surface area contributed by atoms with Gasteiger partial charge in [-0.05, 0) is 19.4 Å². The lowest BCUT2D eigenvalue weighted by Gasteiger charge is -2.28. The number of nitrogens with one attached hydrogen (secondary N) is 1. The lowest BCUT2D eigenvalue weighted by Crippen LogP contribution is -2.50. The topological polar surface area (TPSA) is 78.8 Å². The average Bonchev–Trinajstić information content (AvgIpc) is 2.43. The molecular formula is C14H17N3O3. The van der Waals surface area contributed by atoms with Crippen molar-refractivity contribution >= 4 is 23.6 Å². The maximum atomic E-state index is 12.2. The molecule has 0 aromatic carbocycles. The van der Waals surface area contributed by atoms with Crippen molar-refractivity contribution in [1.29, 1.82) is 0 Å². The van der Waals surface area contributed by atoms with E-state index in [0.717, 1.165) is 11.3 Å². The summed E-state index contributed by atoms with van der Waals surface area (Å²) >= 11 is 0. The summed E-state index contributed by atoms with van der Waals surface area (Å²) in [6, 6.07) is -0.672. The third kappa shape index (κ3) is 2.84. The Morgan fingerprint density at radius 3 is 2.90 bits per heavy atom. The molecule has 0 fully saturated rings. The predicted octanol–water partition coefficient (Wildman–Crippen LogP) is 1.05. The first-order valence-corrected chi connectivity index (χ1v) is 6.61. The SMILES string of the molecule is CCC(C)NC(=O)CN1C(=O)N=C2C=CC=CC2C1=O. The lowest BCUT2D eigenvalue weighted by molar-refractivity contribution is -0.134. The van der Waals surface area contributed by atoms with Crippen LogP contribution in [0.25, 0.3) is 0 Å². The summed E-state index contributed by atoms with van der Waals surface area (Å²) in [7, 11) is 0. The highest BCUT2D eigenvalue weighted by atomic mass is 16.2. The average molecular weight is 275 g/mol. The Hall–Kier alpha value is -2.24. The molecule has 0 radical (unpaired) electrons. The van der Waals surface area contributed by atoms with Gasteiger partial charge in [0.1, 0.15) is 6.54 Å². The number of carbonyl (C=O) groups is 3. The number of rotatable bonds is 4. The van der Waals surface area contributed by atoms with E-state index in [2.05, 4.69) is 10.3 Å². The number of nitrogens with zero attached hydrogens (tertiary/aromatic N) is 2. The number of urea groups is 1. The number of carbonyl (C=O) groups excluding carboxylic acids is 3. The van der Waals surface area contributed by atoms with Gasteiger partial charge in [0.25, 0.3) is 0 Å². The van der Waals surface area contributed by atoms with E-state index in [1.165, 1.54) is 0 Å². The molecule has 4 amide bonds. The molecule has 0 bridgehead atoms. The summed E-state index contributed by atoms with van der Waals surface area (Å²) in [5, 5.41) is 2.72. The first-order chi connectivity index (χ1) is 9.52. The standard InChI is InChI=1S/C14H17N3O3/c1-3-9(2)15-12(18)8-17-13(19)10-6-4-5-7-11(10)16-14(17)20/h4-7,9-10H,3,8H2,1-2H3,(H,15,18). The fourth-order valence-corrected chi connectivity index (χ4v) is 1.99. The van der Waals surface area contributed by atoms with Gasteiger partial charge in [0.05, 0.1) is 11.6 Å². The van der Waals surface area contributed by atoms with E-state index in [4.69, 9.17) is 0 Å². The van der Waals surface area contributed by atoms with Crippen LogP contribution in [-0.2, 0) is 9.59 Å². The van der Waals surface area contributed by atoms with Crippen molar-refractivity contribution in [1.82, 2.24) is 10.2 Å². The first-order valence-electron chi connectivity index (χ1n) is 6.61. The Kier molecular flexibility index (Phi) is 4.12. The Bertz CT molecular complexity index is 534. The number of aliphatic imine (C=N–C) groups is 1. The van der Waals surface area contributed by atoms with Crippen LogP contribution in [0.5, 0.6) is 0 Å². The summed E-state index contributed by atoms with van der Waals surface area (Å²) in [5.74, 6) is -1.32. The molecule has 0 aromatic rings. The van der Waals surface area contributed by atoms with Gasteiger partial charge >= 0.3 is 6.03 Å². The van der Waals surface area contributed by atoms with Crippen molar-refractivity contribution in [2.45, 2.75) is 26.3 Å². The van der Waals surface area contributed by atoms with Crippen molar-refractivity contribution in [2.75, 3.05) is 6.54 Å². The van der Waals surface area contributed by atoms with Crippen LogP contribution in [0, 0.1) is 5.92 Å². The second-order valence-electron chi connectivity index (χ2n) is 4.84. The Morgan fingerprint density at radius 2 is 2.20 bits per heavy atom. The fourth-order valence-electron chi connectivity index (χ4n) is 1.99. The number of hydrogen-bond donors (Lipinski definition) is 1. The Balaban J connectivity index is 2.09. The zero-order chi connectivity index (χ0) is 14.7. The van der Waals surface area contributed by atoms with Crippen LogP contribution in [0.15, 0.2) is 29.3 Å². The van der Waals surface area contributed by atoms with Gasteiger partial charge in [-0.15, -0.1) is 0 Å². The number of amides is 4. The predicted molar refractivity (Wildman–Crippen MR) is 74.2 cm³/mol. The van der Waals surface area contributed by atoms with E-state index in [1.54, 1.807) is 24.3 Å². The summed E-state index contributed by atoms with van der Waals surface area (Å²) < 4.78 is 0. The van der Waals surface area contributed by atoms with E-state index < -0.39 is 17.9 Å². The van der Waals surface area contributed by atoms with Gasteiger partial charge in [-0.3, -0.25) is 14.5 Å². The van der Waals surface area contributed by atoms with Gasteiger partial charge in [-0.1, -0.05) is 25.2 Å². The summed E-state index contributed by atoms with van der Waals surface area (Å²) in [6.45, 7) is 3.52. The molecule has 1 heterocycles. The zero-order valence-electron chi connectivity index (χ0n) is 11.5. The summed E-state index contributed by atoms with van der Waals surface area (Å²) in [4.78, 5) is 40.6.